The van der Waals surface area contributed by atoms with E-state index in [2.05, 4.69) is 22.0 Å². The standard InChI is InChI=1S/C35H45FN4O/c1-25(26-10-4-2-5-11-26)37-35(41)33-30-12-6-7-13-32(30)38-34(27-14-16-28(36)17-15-27)31(33)24-39-22-18-29(19-23-39)40-20-8-3-9-21-40/h6-7,12-17,25-26,29H,2-5,8-11,18-24H2,1H3,(H,37,41)/t25-/m0/s1. The Bertz CT molecular complexity index is 1320. The van der Waals surface area contributed by atoms with Crippen molar-refractivity contribution in [3.8, 4) is 11.3 Å². The average Bonchev–Trinajstić information content (AvgIpc) is 3.02. The summed E-state index contributed by atoms with van der Waals surface area (Å²) >= 11 is 0. The molecule has 5 nitrogen and oxygen atoms in total. The van der Waals surface area contributed by atoms with Crippen LogP contribution in [0.5, 0.6) is 0 Å². The summed E-state index contributed by atoms with van der Waals surface area (Å²) in [5, 5.41) is 4.32. The molecule has 2 saturated heterocycles. The lowest BCUT2D eigenvalue weighted by atomic mass is 9.84. The molecule has 0 radical (unpaired) electrons. The Balaban J connectivity index is 1.34. The van der Waals surface area contributed by atoms with Crippen LogP contribution in [0, 0.1) is 11.7 Å². The first-order valence-electron chi connectivity index (χ1n) is 16.0. The number of benzene rings is 2. The minimum Gasteiger partial charge on any atom is -0.349 e. The number of hydrogen-bond acceptors (Lipinski definition) is 4. The molecule has 1 aromatic heterocycles. The molecular formula is C35H45FN4O. The second-order valence-electron chi connectivity index (χ2n) is 12.6. The number of carbonyl (C=O) groups is 1. The summed E-state index contributed by atoms with van der Waals surface area (Å²) in [6, 6.07) is 15.3. The van der Waals surface area contributed by atoms with Crippen LogP contribution in [0.4, 0.5) is 4.39 Å². The number of nitrogens with zero attached hydrogens (tertiary/aromatic N) is 3. The Morgan fingerprint density at radius 3 is 2.32 bits per heavy atom. The highest BCUT2D eigenvalue weighted by molar-refractivity contribution is 6.09. The normalized spacial score (nSPS) is 20.7. The van der Waals surface area contributed by atoms with Gasteiger partial charge in [-0.2, -0.15) is 0 Å². The van der Waals surface area contributed by atoms with Gasteiger partial charge < -0.3 is 10.2 Å². The summed E-state index contributed by atoms with van der Waals surface area (Å²) in [6.07, 6.45) is 12.5. The van der Waals surface area contributed by atoms with Crippen molar-refractivity contribution in [3.05, 3.63) is 65.5 Å². The van der Waals surface area contributed by atoms with Crippen LogP contribution in [0.15, 0.2) is 48.5 Å². The third kappa shape index (κ3) is 6.49. The van der Waals surface area contributed by atoms with Crippen LogP contribution in [-0.4, -0.2) is 59.0 Å². The molecule has 0 unspecified atom stereocenters. The Kier molecular flexibility index (Phi) is 8.97. The van der Waals surface area contributed by atoms with Crippen LogP contribution in [0.25, 0.3) is 22.2 Å². The third-order valence-electron chi connectivity index (χ3n) is 9.90. The van der Waals surface area contributed by atoms with Gasteiger partial charge in [0.1, 0.15) is 5.82 Å². The molecule has 3 aromatic rings. The van der Waals surface area contributed by atoms with Crippen molar-refractivity contribution in [3.63, 3.8) is 0 Å². The zero-order valence-corrected chi connectivity index (χ0v) is 24.6. The fourth-order valence-electron chi connectivity index (χ4n) is 7.49. The summed E-state index contributed by atoms with van der Waals surface area (Å²) in [5.74, 6) is 0.244. The third-order valence-corrected chi connectivity index (χ3v) is 9.90. The van der Waals surface area contributed by atoms with Gasteiger partial charge in [-0.25, -0.2) is 9.37 Å². The van der Waals surface area contributed by atoms with Crippen molar-refractivity contribution in [2.45, 2.75) is 89.8 Å². The highest BCUT2D eigenvalue weighted by Gasteiger charge is 2.30. The van der Waals surface area contributed by atoms with Gasteiger partial charge in [0.05, 0.1) is 16.8 Å². The number of aromatic nitrogens is 1. The molecular weight excluding hydrogens is 511 g/mol. The summed E-state index contributed by atoms with van der Waals surface area (Å²) < 4.78 is 13.9. The van der Waals surface area contributed by atoms with E-state index in [9.17, 15) is 9.18 Å². The fraction of sp³-hybridized carbons (Fsp3) is 0.543. The van der Waals surface area contributed by atoms with Crippen molar-refractivity contribution in [2.75, 3.05) is 26.2 Å². The summed E-state index contributed by atoms with van der Waals surface area (Å²) in [4.78, 5) is 24.6. The maximum absolute atomic E-state index is 14.2. The van der Waals surface area contributed by atoms with Gasteiger partial charge in [0.15, 0.2) is 0 Å². The highest BCUT2D eigenvalue weighted by Crippen LogP contribution is 2.34. The second-order valence-corrected chi connectivity index (χ2v) is 12.6. The quantitative estimate of drug-likeness (QED) is 0.335. The Hall–Kier alpha value is -2.83. The molecule has 3 fully saturated rings. The van der Waals surface area contributed by atoms with Crippen molar-refractivity contribution in [1.29, 1.82) is 0 Å². The van der Waals surface area contributed by atoms with Gasteiger partial charge in [0.2, 0.25) is 0 Å². The molecule has 1 N–H and O–H groups in total. The minimum atomic E-state index is -0.268. The number of nitrogens with one attached hydrogen (secondary N) is 1. The van der Waals surface area contributed by atoms with Gasteiger partial charge in [-0.1, -0.05) is 43.9 Å². The SMILES string of the molecule is C[C@H](NC(=O)c1c(CN2CCC(N3CCCCC3)CC2)c(-c2ccc(F)cc2)nc2ccccc12)C1CCCCC1. The maximum atomic E-state index is 14.2. The first-order chi connectivity index (χ1) is 20.1. The number of halogens is 1. The summed E-state index contributed by atoms with van der Waals surface area (Å²) in [6.45, 7) is 7.32. The molecule has 2 aliphatic heterocycles. The molecule has 218 valence electrons. The van der Waals surface area contributed by atoms with Gasteiger partial charge in [-0.05, 0) is 108 Å². The maximum Gasteiger partial charge on any atom is 0.252 e. The Labute approximate surface area is 244 Å². The van der Waals surface area contributed by atoms with Gasteiger partial charge in [-0.15, -0.1) is 0 Å². The fourth-order valence-corrected chi connectivity index (χ4v) is 7.49. The summed E-state index contributed by atoms with van der Waals surface area (Å²) in [7, 11) is 0. The lowest BCUT2D eigenvalue weighted by Crippen LogP contribution is -2.46. The van der Waals surface area contributed by atoms with Gasteiger partial charge in [-0.3, -0.25) is 9.69 Å². The van der Waals surface area contributed by atoms with Crippen LogP contribution in [0.1, 0.15) is 87.1 Å². The number of fused-ring (bicyclic) bond motifs is 1. The topological polar surface area (TPSA) is 48.5 Å². The van der Waals surface area contributed by atoms with Crippen LogP contribution in [-0.2, 0) is 6.54 Å². The lowest BCUT2D eigenvalue weighted by molar-refractivity contribution is 0.0878. The number of piperidine rings is 2. The molecule has 6 heteroatoms. The molecule has 1 saturated carbocycles. The van der Waals surface area contributed by atoms with Gasteiger partial charge in [0, 0.05) is 35.1 Å². The molecule has 0 spiro atoms. The number of para-hydroxylation sites is 1. The molecule has 3 heterocycles. The molecule has 1 atom stereocenters. The molecule has 3 aliphatic rings. The van der Waals surface area contributed by atoms with E-state index in [-0.39, 0.29) is 17.8 Å². The molecule has 1 amide bonds. The van der Waals surface area contributed by atoms with Crippen molar-refractivity contribution in [1.82, 2.24) is 20.1 Å². The van der Waals surface area contributed by atoms with E-state index in [4.69, 9.17) is 4.98 Å². The van der Waals surface area contributed by atoms with Crippen LogP contribution < -0.4 is 5.32 Å². The van der Waals surface area contributed by atoms with Crippen LogP contribution >= 0.6 is 0 Å². The largest absolute Gasteiger partial charge is 0.349 e. The predicted octanol–water partition coefficient (Wildman–Crippen LogP) is 7.19. The van der Waals surface area contributed by atoms with Gasteiger partial charge >= 0.3 is 0 Å². The first kappa shape index (κ1) is 28.3. The van der Waals surface area contributed by atoms with Crippen molar-refractivity contribution < 1.29 is 9.18 Å². The Morgan fingerprint density at radius 1 is 0.902 bits per heavy atom. The number of rotatable bonds is 7. The number of amides is 1. The van der Waals surface area contributed by atoms with Crippen LogP contribution in [0.3, 0.4) is 0 Å². The number of likely N-dealkylation sites (tertiary alicyclic amines) is 2. The molecule has 41 heavy (non-hydrogen) atoms. The average molecular weight is 557 g/mol. The van der Waals surface area contributed by atoms with Crippen molar-refractivity contribution in [2.24, 2.45) is 5.92 Å². The van der Waals surface area contributed by atoms with E-state index in [1.54, 1.807) is 12.1 Å². The first-order valence-corrected chi connectivity index (χ1v) is 16.0. The van der Waals surface area contributed by atoms with E-state index in [0.29, 0.717) is 18.5 Å². The van der Waals surface area contributed by atoms with Crippen molar-refractivity contribution >= 4 is 16.8 Å². The highest BCUT2D eigenvalue weighted by atomic mass is 19.1. The van der Waals surface area contributed by atoms with E-state index in [0.717, 1.165) is 59.2 Å². The zero-order valence-electron chi connectivity index (χ0n) is 24.6. The summed E-state index contributed by atoms with van der Waals surface area (Å²) in [5.41, 5.74) is 4.13. The number of carbonyl (C=O) groups excluding carboxylic acids is 1. The Morgan fingerprint density at radius 2 is 1.59 bits per heavy atom. The molecule has 2 aromatic carbocycles. The van der Waals surface area contributed by atoms with E-state index >= 15 is 0 Å². The smallest absolute Gasteiger partial charge is 0.252 e. The molecule has 1 aliphatic carbocycles. The van der Waals surface area contributed by atoms with Gasteiger partial charge in [0.25, 0.3) is 5.91 Å². The molecule has 6 rings (SSSR count). The van der Waals surface area contributed by atoms with E-state index in [1.807, 2.05) is 24.3 Å². The van der Waals surface area contributed by atoms with E-state index < -0.39 is 0 Å². The minimum absolute atomic E-state index is 0.0109. The second kappa shape index (κ2) is 13.0. The lowest BCUT2D eigenvalue weighted by Gasteiger charge is -2.40. The monoisotopic (exact) mass is 556 g/mol. The van der Waals surface area contributed by atoms with E-state index in [1.165, 1.54) is 76.6 Å². The molecule has 0 bridgehead atoms. The zero-order chi connectivity index (χ0) is 28.2. The number of hydrogen-bond donors (Lipinski definition) is 1. The van der Waals surface area contributed by atoms with Crippen LogP contribution in [0.2, 0.25) is 0 Å². The number of pyridine rings is 1. The predicted molar refractivity (Wildman–Crippen MR) is 164 cm³/mol.